The monoisotopic (exact) mass is 362 g/mol. The Labute approximate surface area is 147 Å². The molecule has 0 aliphatic carbocycles. The van der Waals surface area contributed by atoms with Crippen molar-refractivity contribution in [3.63, 3.8) is 0 Å². The lowest BCUT2D eigenvalue weighted by Crippen LogP contribution is -2.49. The van der Waals surface area contributed by atoms with Gasteiger partial charge in [0.2, 0.25) is 0 Å². The highest BCUT2D eigenvalue weighted by molar-refractivity contribution is 7.90. The van der Waals surface area contributed by atoms with Crippen LogP contribution in [-0.4, -0.2) is 78.4 Å². The van der Waals surface area contributed by atoms with Gasteiger partial charge in [0.25, 0.3) is 5.91 Å². The van der Waals surface area contributed by atoms with Crippen molar-refractivity contribution in [3.05, 3.63) is 48.5 Å². The van der Waals surface area contributed by atoms with Gasteiger partial charge in [0.05, 0.1) is 12.1 Å². The van der Waals surface area contributed by atoms with Crippen LogP contribution in [0, 0.1) is 0 Å². The normalized spacial score (nSPS) is 16.1. The van der Waals surface area contributed by atoms with Crippen molar-refractivity contribution in [1.82, 2.24) is 19.4 Å². The number of rotatable bonds is 5. The molecule has 7 nitrogen and oxygen atoms in total. The van der Waals surface area contributed by atoms with E-state index in [0.29, 0.717) is 38.3 Å². The fourth-order valence-electron chi connectivity index (χ4n) is 2.84. The Bertz CT molecular complexity index is 808. The largest absolute Gasteiger partial charge is 0.336 e. The van der Waals surface area contributed by atoms with Crippen LogP contribution in [0.3, 0.4) is 0 Å². The van der Waals surface area contributed by atoms with Crippen molar-refractivity contribution in [2.24, 2.45) is 0 Å². The van der Waals surface area contributed by atoms with Crippen LogP contribution in [0.15, 0.2) is 43.0 Å². The van der Waals surface area contributed by atoms with Crippen LogP contribution in [0.25, 0.3) is 5.69 Å². The predicted octanol–water partition coefficient (Wildman–Crippen LogP) is 0.675. The van der Waals surface area contributed by atoms with E-state index in [0.717, 1.165) is 5.69 Å². The number of carbonyl (C=O) groups is 1. The summed E-state index contributed by atoms with van der Waals surface area (Å²) in [6, 6.07) is 7.45. The zero-order valence-corrected chi connectivity index (χ0v) is 15.0. The maximum atomic E-state index is 12.6. The summed E-state index contributed by atoms with van der Waals surface area (Å²) in [5.74, 6) is 0.177. The van der Waals surface area contributed by atoms with Gasteiger partial charge in [-0.05, 0) is 24.3 Å². The van der Waals surface area contributed by atoms with Gasteiger partial charge in [0.15, 0.2) is 0 Å². The van der Waals surface area contributed by atoms with Gasteiger partial charge in [-0.2, -0.15) is 0 Å². The average molecular weight is 362 g/mol. The minimum absolute atomic E-state index is 0.0138. The number of nitrogens with zero attached hydrogens (tertiary/aromatic N) is 4. The molecule has 1 fully saturated rings. The number of amides is 1. The van der Waals surface area contributed by atoms with Crippen molar-refractivity contribution in [2.45, 2.75) is 0 Å². The Balaban J connectivity index is 1.56. The molecule has 0 atom stereocenters. The number of aromatic nitrogens is 2. The second-order valence-electron chi connectivity index (χ2n) is 6.28. The summed E-state index contributed by atoms with van der Waals surface area (Å²) in [5.41, 5.74) is 1.62. The molecule has 3 rings (SSSR count). The molecule has 2 heterocycles. The Morgan fingerprint density at radius 2 is 1.80 bits per heavy atom. The molecule has 1 aliphatic heterocycles. The first-order valence-corrected chi connectivity index (χ1v) is 10.3. The van der Waals surface area contributed by atoms with E-state index < -0.39 is 9.84 Å². The van der Waals surface area contributed by atoms with Crippen LogP contribution < -0.4 is 0 Å². The van der Waals surface area contributed by atoms with Crippen molar-refractivity contribution in [1.29, 1.82) is 0 Å². The van der Waals surface area contributed by atoms with Crippen molar-refractivity contribution in [3.8, 4) is 5.69 Å². The zero-order valence-electron chi connectivity index (χ0n) is 14.2. The number of hydrogen-bond donors (Lipinski definition) is 0. The third-order valence-electron chi connectivity index (χ3n) is 4.35. The number of sulfone groups is 1. The molecule has 134 valence electrons. The molecule has 0 spiro atoms. The fourth-order valence-corrected chi connectivity index (χ4v) is 3.43. The molecule has 1 aromatic heterocycles. The smallest absolute Gasteiger partial charge is 0.253 e. The van der Waals surface area contributed by atoms with Gasteiger partial charge in [-0.15, -0.1) is 0 Å². The lowest BCUT2D eigenvalue weighted by molar-refractivity contribution is 0.0644. The Kier molecular flexibility index (Phi) is 5.19. The molecular weight excluding hydrogens is 340 g/mol. The van der Waals surface area contributed by atoms with Crippen LogP contribution in [0.1, 0.15) is 10.4 Å². The number of hydrogen-bond acceptors (Lipinski definition) is 5. The minimum atomic E-state index is -2.95. The Hall–Kier alpha value is -2.19. The van der Waals surface area contributed by atoms with E-state index in [1.54, 1.807) is 12.5 Å². The highest BCUT2D eigenvalue weighted by Crippen LogP contribution is 2.13. The van der Waals surface area contributed by atoms with Crippen molar-refractivity contribution < 1.29 is 13.2 Å². The van der Waals surface area contributed by atoms with Crippen LogP contribution in [0.5, 0.6) is 0 Å². The maximum Gasteiger partial charge on any atom is 0.253 e. The first-order chi connectivity index (χ1) is 11.9. The van der Waals surface area contributed by atoms with E-state index in [-0.39, 0.29) is 11.7 Å². The van der Waals surface area contributed by atoms with E-state index in [1.165, 1.54) is 6.26 Å². The minimum Gasteiger partial charge on any atom is -0.336 e. The standard InChI is InChI=1S/C17H22N4O3S/c1-25(23,24)13-12-19-8-10-20(11-9-19)17(22)15-2-4-16(5-3-15)21-7-6-18-14-21/h2-7,14H,8-13H2,1H3. The molecule has 0 saturated carbocycles. The van der Waals surface area contributed by atoms with Gasteiger partial charge < -0.3 is 9.47 Å². The Morgan fingerprint density at radius 3 is 2.36 bits per heavy atom. The molecule has 0 N–H and O–H groups in total. The van der Waals surface area contributed by atoms with Gasteiger partial charge in [0.1, 0.15) is 9.84 Å². The average Bonchev–Trinajstić information content (AvgIpc) is 3.14. The molecule has 1 aromatic carbocycles. The quantitative estimate of drug-likeness (QED) is 0.782. The summed E-state index contributed by atoms with van der Waals surface area (Å²) in [6.45, 7) is 3.17. The zero-order chi connectivity index (χ0) is 17.9. The van der Waals surface area contributed by atoms with Gasteiger partial charge in [-0.3, -0.25) is 9.69 Å². The highest BCUT2D eigenvalue weighted by Gasteiger charge is 2.22. The molecule has 0 unspecified atom stereocenters. The molecule has 8 heteroatoms. The molecule has 25 heavy (non-hydrogen) atoms. The van der Waals surface area contributed by atoms with E-state index in [9.17, 15) is 13.2 Å². The fraction of sp³-hybridized carbons (Fsp3) is 0.412. The number of carbonyl (C=O) groups excluding carboxylic acids is 1. The van der Waals surface area contributed by atoms with E-state index in [2.05, 4.69) is 9.88 Å². The second-order valence-corrected chi connectivity index (χ2v) is 8.54. The van der Waals surface area contributed by atoms with E-state index in [4.69, 9.17) is 0 Å². The summed E-state index contributed by atoms with van der Waals surface area (Å²) < 4.78 is 24.4. The van der Waals surface area contributed by atoms with Crippen LogP contribution in [0.4, 0.5) is 0 Å². The molecule has 0 radical (unpaired) electrons. The summed E-state index contributed by atoms with van der Waals surface area (Å²) in [6.07, 6.45) is 6.53. The third-order valence-corrected chi connectivity index (χ3v) is 5.28. The molecule has 2 aromatic rings. The highest BCUT2D eigenvalue weighted by atomic mass is 32.2. The van der Waals surface area contributed by atoms with Gasteiger partial charge >= 0.3 is 0 Å². The first-order valence-electron chi connectivity index (χ1n) is 8.20. The van der Waals surface area contributed by atoms with E-state index >= 15 is 0 Å². The molecule has 1 saturated heterocycles. The van der Waals surface area contributed by atoms with Crippen LogP contribution in [0.2, 0.25) is 0 Å². The summed E-state index contributed by atoms with van der Waals surface area (Å²) in [4.78, 5) is 20.5. The molecule has 0 bridgehead atoms. The lowest BCUT2D eigenvalue weighted by atomic mass is 10.1. The van der Waals surface area contributed by atoms with E-state index in [1.807, 2.05) is 39.9 Å². The molecular formula is C17H22N4O3S. The SMILES string of the molecule is CS(=O)(=O)CCN1CCN(C(=O)c2ccc(-n3ccnc3)cc2)CC1. The lowest BCUT2D eigenvalue weighted by Gasteiger charge is -2.34. The second kappa shape index (κ2) is 7.37. The van der Waals surface area contributed by atoms with Crippen LogP contribution in [-0.2, 0) is 9.84 Å². The number of piperazine rings is 1. The molecule has 1 aliphatic rings. The van der Waals surface area contributed by atoms with Gasteiger partial charge in [-0.1, -0.05) is 0 Å². The first kappa shape index (κ1) is 17.6. The third kappa shape index (κ3) is 4.67. The maximum absolute atomic E-state index is 12.6. The van der Waals surface area contributed by atoms with Gasteiger partial charge in [-0.25, -0.2) is 13.4 Å². The van der Waals surface area contributed by atoms with Crippen molar-refractivity contribution in [2.75, 3.05) is 44.7 Å². The summed E-state index contributed by atoms with van der Waals surface area (Å²) in [7, 11) is -2.95. The predicted molar refractivity (Wildman–Crippen MR) is 95.6 cm³/mol. The van der Waals surface area contributed by atoms with Gasteiger partial charge in [0, 0.05) is 62.6 Å². The van der Waals surface area contributed by atoms with Crippen molar-refractivity contribution >= 4 is 15.7 Å². The summed E-state index contributed by atoms with van der Waals surface area (Å²) in [5, 5.41) is 0. The Morgan fingerprint density at radius 1 is 1.12 bits per heavy atom. The number of imidazole rings is 1. The summed E-state index contributed by atoms with van der Waals surface area (Å²) >= 11 is 0. The molecule has 1 amide bonds. The topological polar surface area (TPSA) is 75.5 Å². The van der Waals surface area contributed by atoms with Crippen LogP contribution >= 0.6 is 0 Å². The number of benzene rings is 1.